The molecule has 0 amide bonds. The van der Waals surface area contributed by atoms with Crippen LogP contribution in [-0.4, -0.2) is 18.6 Å². The molecule has 0 spiro atoms. The van der Waals surface area contributed by atoms with Crippen LogP contribution in [0.5, 0.6) is 0 Å². The highest BCUT2D eigenvalue weighted by Crippen LogP contribution is 2.50. The Bertz CT molecular complexity index is 215. The van der Waals surface area contributed by atoms with Gasteiger partial charge in [-0.25, -0.2) is 0 Å². The monoisotopic (exact) mass is 244 g/mol. The summed E-state index contributed by atoms with van der Waals surface area (Å²) in [6, 6.07) is 0. The van der Waals surface area contributed by atoms with Crippen molar-refractivity contribution in [2.24, 2.45) is 11.3 Å². The molecule has 2 heteroatoms. The van der Waals surface area contributed by atoms with Crippen molar-refractivity contribution in [1.29, 1.82) is 0 Å². The lowest BCUT2D eigenvalue weighted by atomic mass is 9.76. The van der Waals surface area contributed by atoms with Crippen LogP contribution in [0.1, 0.15) is 58.3 Å². The minimum absolute atomic E-state index is 0.330. The molecule has 2 unspecified atom stereocenters. The van der Waals surface area contributed by atoms with Gasteiger partial charge in [0.1, 0.15) is 0 Å². The van der Waals surface area contributed by atoms with E-state index in [1.165, 1.54) is 51.4 Å². The first-order valence-electron chi connectivity index (χ1n) is 7.00. The minimum atomic E-state index is 0.330. The van der Waals surface area contributed by atoms with E-state index < -0.39 is 0 Å². The zero-order valence-electron chi connectivity index (χ0n) is 10.5. The zero-order chi connectivity index (χ0) is 11.4. The van der Waals surface area contributed by atoms with E-state index >= 15 is 0 Å². The van der Waals surface area contributed by atoms with Gasteiger partial charge in [-0.2, -0.15) is 0 Å². The van der Waals surface area contributed by atoms with E-state index in [1.54, 1.807) is 0 Å². The molecule has 1 aliphatic heterocycles. The standard InChI is InChI=1S/C14H25ClO/c1-2-3-4-5-8-14(11-15)9-10-16-13(14)12-6-7-12/h12-13H,2-11H2,1H3. The highest BCUT2D eigenvalue weighted by molar-refractivity contribution is 6.18. The first kappa shape index (κ1) is 12.7. The van der Waals surface area contributed by atoms with Crippen molar-refractivity contribution in [2.45, 2.75) is 64.4 Å². The lowest BCUT2D eigenvalue weighted by Crippen LogP contribution is -2.34. The van der Waals surface area contributed by atoms with E-state index in [0.29, 0.717) is 11.5 Å². The van der Waals surface area contributed by atoms with Crippen molar-refractivity contribution in [3.63, 3.8) is 0 Å². The number of unbranched alkanes of at least 4 members (excludes halogenated alkanes) is 3. The van der Waals surface area contributed by atoms with Crippen molar-refractivity contribution in [2.75, 3.05) is 12.5 Å². The molecule has 1 saturated heterocycles. The topological polar surface area (TPSA) is 9.23 Å². The Hall–Kier alpha value is 0.250. The van der Waals surface area contributed by atoms with Crippen LogP contribution >= 0.6 is 11.6 Å². The zero-order valence-corrected chi connectivity index (χ0v) is 11.3. The van der Waals surface area contributed by atoms with Crippen LogP contribution in [0.15, 0.2) is 0 Å². The first-order valence-corrected chi connectivity index (χ1v) is 7.53. The number of hydrogen-bond acceptors (Lipinski definition) is 1. The third kappa shape index (κ3) is 2.73. The molecule has 16 heavy (non-hydrogen) atoms. The summed E-state index contributed by atoms with van der Waals surface area (Å²) in [7, 11) is 0. The quantitative estimate of drug-likeness (QED) is 0.477. The smallest absolute Gasteiger partial charge is 0.0671 e. The van der Waals surface area contributed by atoms with Crippen LogP contribution in [0, 0.1) is 11.3 Å². The first-order chi connectivity index (χ1) is 7.82. The van der Waals surface area contributed by atoms with Gasteiger partial charge >= 0.3 is 0 Å². The van der Waals surface area contributed by atoms with Crippen LogP contribution in [0.3, 0.4) is 0 Å². The average molecular weight is 245 g/mol. The van der Waals surface area contributed by atoms with Gasteiger partial charge in [-0.1, -0.05) is 32.6 Å². The van der Waals surface area contributed by atoms with Crippen LogP contribution in [-0.2, 0) is 4.74 Å². The van der Waals surface area contributed by atoms with Gasteiger partial charge in [0.15, 0.2) is 0 Å². The van der Waals surface area contributed by atoms with Gasteiger partial charge in [-0.05, 0) is 31.6 Å². The largest absolute Gasteiger partial charge is 0.377 e. The molecular formula is C14H25ClO. The molecule has 94 valence electrons. The summed E-state index contributed by atoms with van der Waals surface area (Å²) in [5, 5.41) is 0. The predicted octanol–water partition coefficient (Wildman–Crippen LogP) is 4.38. The average Bonchev–Trinajstić information content (AvgIpc) is 3.06. The van der Waals surface area contributed by atoms with Gasteiger partial charge in [-0.3, -0.25) is 0 Å². The molecule has 1 aliphatic carbocycles. The molecule has 2 aliphatic rings. The lowest BCUT2D eigenvalue weighted by Gasteiger charge is -2.32. The Balaban J connectivity index is 1.84. The van der Waals surface area contributed by atoms with Gasteiger partial charge in [0.05, 0.1) is 6.10 Å². The molecule has 0 N–H and O–H groups in total. The number of ether oxygens (including phenoxy) is 1. The third-order valence-corrected chi connectivity index (χ3v) is 4.88. The maximum atomic E-state index is 6.26. The van der Waals surface area contributed by atoms with Gasteiger partial charge < -0.3 is 4.74 Å². The van der Waals surface area contributed by atoms with E-state index in [0.717, 1.165) is 18.4 Å². The van der Waals surface area contributed by atoms with Gasteiger partial charge in [0, 0.05) is 17.9 Å². The van der Waals surface area contributed by atoms with Crippen LogP contribution in [0.25, 0.3) is 0 Å². The minimum Gasteiger partial charge on any atom is -0.377 e. The van der Waals surface area contributed by atoms with Crippen LogP contribution in [0.4, 0.5) is 0 Å². The molecule has 0 aromatic heterocycles. The molecule has 1 heterocycles. The molecule has 2 rings (SSSR count). The van der Waals surface area contributed by atoms with Gasteiger partial charge in [-0.15, -0.1) is 11.6 Å². The Morgan fingerprint density at radius 2 is 2.06 bits per heavy atom. The fourth-order valence-corrected chi connectivity index (χ4v) is 3.54. The second-order valence-electron chi connectivity index (χ2n) is 5.69. The maximum Gasteiger partial charge on any atom is 0.0671 e. The Morgan fingerprint density at radius 3 is 2.69 bits per heavy atom. The fourth-order valence-electron chi connectivity index (χ4n) is 3.12. The number of halogens is 1. The Morgan fingerprint density at radius 1 is 1.25 bits per heavy atom. The summed E-state index contributed by atoms with van der Waals surface area (Å²) < 4.78 is 5.96. The molecule has 1 saturated carbocycles. The van der Waals surface area contributed by atoms with Crippen molar-refractivity contribution in [1.82, 2.24) is 0 Å². The van der Waals surface area contributed by atoms with Gasteiger partial charge in [0.25, 0.3) is 0 Å². The SMILES string of the molecule is CCCCCCC1(CCl)CCOC1C1CC1. The van der Waals surface area contributed by atoms with Crippen molar-refractivity contribution >= 4 is 11.6 Å². The molecule has 0 aromatic rings. The van der Waals surface area contributed by atoms with Crippen molar-refractivity contribution < 1.29 is 4.74 Å². The Labute approximate surface area is 105 Å². The van der Waals surface area contributed by atoms with E-state index in [1.807, 2.05) is 0 Å². The summed E-state index contributed by atoms with van der Waals surface area (Å²) in [5.41, 5.74) is 0.330. The molecule has 0 bridgehead atoms. The highest BCUT2D eigenvalue weighted by Gasteiger charge is 2.49. The van der Waals surface area contributed by atoms with Crippen molar-refractivity contribution in [3.05, 3.63) is 0 Å². The second-order valence-corrected chi connectivity index (χ2v) is 5.95. The second kappa shape index (κ2) is 5.73. The Kier molecular flexibility index (Phi) is 4.55. The van der Waals surface area contributed by atoms with E-state index in [4.69, 9.17) is 16.3 Å². The molecule has 0 radical (unpaired) electrons. The molecule has 1 nitrogen and oxygen atoms in total. The van der Waals surface area contributed by atoms with E-state index in [2.05, 4.69) is 6.92 Å². The summed E-state index contributed by atoms with van der Waals surface area (Å²) in [6.45, 7) is 3.21. The lowest BCUT2D eigenvalue weighted by molar-refractivity contribution is 0.0355. The number of alkyl halides is 1. The summed E-state index contributed by atoms with van der Waals surface area (Å²) in [5.74, 6) is 1.65. The molecule has 2 atom stereocenters. The maximum absolute atomic E-state index is 6.26. The van der Waals surface area contributed by atoms with Crippen molar-refractivity contribution in [3.8, 4) is 0 Å². The predicted molar refractivity (Wildman–Crippen MR) is 69.0 cm³/mol. The van der Waals surface area contributed by atoms with Crippen LogP contribution in [0.2, 0.25) is 0 Å². The highest BCUT2D eigenvalue weighted by atomic mass is 35.5. The molecule has 2 fully saturated rings. The summed E-state index contributed by atoms with van der Waals surface area (Å²) in [6.07, 6.45) is 11.1. The van der Waals surface area contributed by atoms with Crippen LogP contribution < -0.4 is 0 Å². The number of hydrogen-bond donors (Lipinski definition) is 0. The summed E-state index contributed by atoms with van der Waals surface area (Å²) in [4.78, 5) is 0. The van der Waals surface area contributed by atoms with E-state index in [9.17, 15) is 0 Å². The molecular weight excluding hydrogens is 220 g/mol. The third-order valence-electron chi connectivity index (χ3n) is 4.35. The normalized spacial score (nSPS) is 34.5. The number of rotatable bonds is 7. The summed E-state index contributed by atoms with van der Waals surface area (Å²) >= 11 is 6.26. The van der Waals surface area contributed by atoms with E-state index in [-0.39, 0.29) is 0 Å². The fraction of sp³-hybridized carbons (Fsp3) is 1.00. The molecule has 0 aromatic carbocycles. The van der Waals surface area contributed by atoms with Gasteiger partial charge in [0.2, 0.25) is 0 Å².